The van der Waals surface area contributed by atoms with Crippen LogP contribution in [0.1, 0.15) is 44.2 Å². The third-order valence-corrected chi connectivity index (χ3v) is 6.15. The van der Waals surface area contributed by atoms with E-state index in [2.05, 4.69) is 22.4 Å². The summed E-state index contributed by atoms with van der Waals surface area (Å²) in [7, 11) is 1.42. The number of halogens is 2. The second kappa shape index (κ2) is 9.89. The van der Waals surface area contributed by atoms with Gasteiger partial charge in [-0.2, -0.15) is 4.98 Å². The van der Waals surface area contributed by atoms with Gasteiger partial charge in [-0.1, -0.05) is 42.2 Å². The molecule has 0 aliphatic carbocycles. The van der Waals surface area contributed by atoms with Crippen molar-refractivity contribution in [1.29, 1.82) is 0 Å². The van der Waals surface area contributed by atoms with Gasteiger partial charge in [-0.25, -0.2) is 4.39 Å². The number of ether oxygens (including phenoxy) is 1. The summed E-state index contributed by atoms with van der Waals surface area (Å²) < 4.78 is 24.9. The van der Waals surface area contributed by atoms with Gasteiger partial charge < -0.3 is 19.5 Å². The van der Waals surface area contributed by atoms with Crippen LogP contribution in [0.5, 0.6) is 5.75 Å². The van der Waals surface area contributed by atoms with Gasteiger partial charge in [0.1, 0.15) is 0 Å². The third kappa shape index (κ3) is 4.72. The number of aromatic nitrogens is 2. The maximum atomic E-state index is 14.2. The first-order chi connectivity index (χ1) is 15.9. The quantitative estimate of drug-likeness (QED) is 0.411. The minimum Gasteiger partial charge on any atom is -0.494 e. The molecule has 1 N–H and O–H groups in total. The van der Waals surface area contributed by atoms with E-state index < -0.39 is 5.82 Å². The number of nitrogens with zero attached hydrogens (tertiary/aromatic N) is 3. The normalized spacial score (nSPS) is 16.2. The molecule has 2 aromatic carbocycles. The minimum atomic E-state index is -0.496. The summed E-state index contributed by atoms with van der Waals surface area (Å²) in [5.41, 5.74) is 3.13. The van der Waals surface area contributed by atoms with Crippen molar-refractivity contribution in [3.05, 3.63) is 70.5 Å². The number of nitrogens with one attached hydrogen (secondary N) is 1. The molecule has 1 atom stereocenters. The predicted molar refractivity (Wildman–Crippen MR) is 130 cm³/mol. The SMILES string of the molecule is CCCCN1C(=S)NC(c2cccc(Cl)c2)C(c2nc(-c3ccc(OC)c(F)c3)no2)=C1C. The molecule has 0 amide bonds. The number of unbranched alkanes of at least 4 members (excludes halogenated alkanes) is 1. The van der Waals surface area contributed by atoms with Crippen molar-refractivity contribution in [3.63, 3.8) is 0 Å². The Balaban J connectivity index is 1.79. The molecule has 1 aromatic heterocycles. The number of benzene rings is 2. The fourth-order valence-electron chi connectivity index (χ4n) is 3.84. The number of thiocarbonyl (C=S) groups is 1. The first-order valence-electron chi connectivity index (χ1n) is 10.6. The Morgan fingerprint density at radius 2 is 2.09 bits per heavy atom. The molecule has 0 bridgehead atoms. The van der Waals surface area contributed by atoms with Gasteiger partial charge in [-0.05, 0) is 61.5 Å². The summed E-state index contributed by atoms with van der Waals surface area (Å²) >= 11 is 11.9. The molecule has 1 aliphatic heterocycles. The molecule has 1 aliphatic rings. The van der Waals surface area contributed by atoms with E-state index in [0.29, 0.717) is 21.6 Å². The highest BCUT2D eigenvalue weighted by molar-refractivity contribution is 7.80. The number of hydrogen-bond donors (Lipinski definition) is 1. The molecule has 3 aromatic rings. The maximum absolute atomic E-state index is 14.2. The van der Waals surface area contributed by atoms with Gasteiger partial charge in [0.25, 0.3) is 5.89 Å². The summed E-state index contributed by atoms with van der Waals surface area (Å²) in [6.07, 6.45) is 2.02. The Morgan fingerprint density at radius 1 is 1.27 bits per heavy atom. The van der Waals surface area contributed by atoms with Gasteiger partial charge in [0.05, 0.1) is 18.7 Å². The molecular weight excluding hydrogens is 463 g/mol. The van der Waals surface area contributed by atoms with Crippen LogP contribution in [0.15, 0.2) is 52.7 Å². The summed E-state index contributed by atoms with van der Waals surface area (Å²) in [5, 5.41) is 8.77. The Bertz CT molecular complexity index is 1210. The first kappa shape index (κ1) is 23.2. The number of allylic oxidation sites excluding steroid dienone is 1. The van der Waals surface area contributed by atoms with Gasteiger partial charge in [-0.15, -0.1) is 0 Å². The highest BCUT2D eigenvalue weighted by atomic mass is 35.5. The van der Waals surface area contributed by atoms with E-state index in [1.165, 1.54) is 19.2 Å². The van der Waals surface area contributed by atoms with Crippen LogP contribution >= 0.6 is 23.8 Å². The zero-order valence-electron chi connectivity index (χ0n) is 18.6. The fraction of sp³-hybridized carbons (Fsp3) is 0.292. The van der Waals surface area contributed by atoms with Crippen molar-refractivity contribution >= 4 is 34.5 Å². The molecule has 33 heavy (non-hydrogen) atoms. The standard InChI is InChI=1S/C24H24ClFN4O2S/c1-4-5-11-30-14(2)20(21(27-24(30)33)15-7-6-8-17(25)12-15)23-28-22(29-32-23)16-9-10-19(31-3)18(26)13-16/h6-10,12-13,21H,4-5,11H2,1-3H3,(H,27,33). The second-order valence-electron chi connectivity index (χ2n) is 7.71. The molecule has 0 fully saturated rings. The maximum Gasteiger partial charge on any atom is 0.258 e. The van der Waals surface area contributed by atoms with Crippen LogP contribution < -0.4 is 10.1 Å². The Hall–Kier alpha value is -2.97. The van der Waals surface area contributed by atoms with Gasteiger partial charge in [-0.3, -0.25) is 0 Å². The van der Waals surface area contributed by atoms with Crippen LogP contribution in [0.25, 0.3) is 17.0 Å². The Morgan fingerprint density at radius 3 is 2.79 bits per heavy atom. The van der Waals surface area contributed by atoms with Crippen LogP contribution in [0.3, 0.4) is 0 Å². The van der Waals surface area contributed by atoms with Crippen molar-refractivity contribution in [3.8, 4) is 17.1 Å². The molecule has 0 saturated carbocycles. The molecule has 0 radical (unpaired) electrons. The van der Waals surface area contributed by atoms with Crippen molar-refractivity contribution in [2.24, 2.45) is 0 Å². The lowest BCUT2D eigenvalue weighted by molar-refractivity contribution is 0.386. The fourth-order valence-corrected chi connectivity index (χ4v) is 4.38. The summed E-state index contributed by atoms with van der Waals surface area (Å²) in [5.74, 6) is 0.271. The van der Waals surface area contributed by atoms with Crippen LogP contribution in [-0.4, -0.2) is 33.8 Å². The van der Waals surface area contributed by atoms with Crippen molar-refractivity contribution in [2.75, 3.05) is 13.7 Å². The lowest BCUT2D eigenvalue weighted by Gasteiger charge is -2.37. The largest absolute Gasteiger partial charge is 0.494 e. The number of rotatable bonds is 7. The van der Waals surface area contributed by atoms with Gasteiger partial charge in [0.2, 0.25) is 5.82 Å². The lowest BCUT2D eigenvalue weighted by Crippen LogP contribution is -2.46. The molecule has 0 saturated heterocycles. The van der Waals surface area contributed by atoms with Crippen molar-refractivity contribution in [2.45, 2.75) is 32.7 Å². The molecular formula is C24H24ClFN4O2S. The van der Waals surface area contributed by atoms with Crippen molar-refractivity contribution in [1.82, 2.24) is 20.4 Å². The van der Waals surface area contributed by atoms with E-state index in [4.69, 9.17) is 33.1 Å². The van der Waals surface area contributed by atoms with Crippen LogP contribution in [-0.2, 0) is 0 Å². The Labute approximate surface area is 202 Å². The number of methoxy groups -OCH3 is 1. The van der Waals surface area contributed by atoms with Crippen LogP contribution in [0, 0.1) is 5.82 Å². The van der Waals surface area contributed by atoms with Gasteiger partial charge >= 0.3 is 0 Å². The molecule has 2 heterocycles. The third-order valence-electron chi connectivity index (χ3n) is 5.58. The smallest absolute Gasteiger partial charge is 0.258 e. The van der Waals surface area contributed by atoms with E-state index in [0.717, 1.165) is 36.2 Å². The molecule has 0 spiro atoms. The van der Waals surface area contributed by atoms with Crippen LogP contribution in [0.4, 0.5) is 4.39 Å². The van der Waals surface area contributed by atoms with Crippen molar-refractivity contribution < 1.29 is 13.7 Å². The highest BCUT2D eigenvalue weighted by Crippen LogP contribution is 2.38. The topological polar surface area (TPSA) is 63.4 Å². The van der Waals surface area contributed by atoms with E-state index in [-0.39, 0.29) is 17.6 Å². The average Bonchev–Trinajstić information content (AvgIpc) is 3.28. The second-order valence-corrected chi connectivity index (χ2v) is 8.54. The van der Waals surface area contributed by atoms with Gasteiger partial charge in [0.15, 0.2) is 16.7 Å². The van der Waals surface area contributed by atoms with Crippen LogP contribution in [0.2, 0.25) is 5.02 Å². The van der Waals surface area contributed by atoms with E-state index in [1.807, 2.05) is 36.1 Å². The van der Waals surface area contributed by atoms with E-state index >= 15 is 0 Å². The van der Waals surface area contributed by atoms with E-state index in [9.17, 15) is 4.39 Å². The predicted octanol–water partition coefficient (Wildman–Crippen LogP) is 6.00. The Kier molecular flexibility index (Phi) is 6.95. The average molecular weight is 487 g/mol. The molecule has 172 valence electrons. The first-order valence-corrected chi connectivity index (χ1v) is 11.4. The molecule has 6 nitrogen and oxygen atoms in total. The molecule has 9 heteroatoms. The van der Waals surface area contributed by atoms with Gasteiger partial charge in [0, 0.05) is 22.8 Å². The zero-order chi connectivity index (χ0) is 23.5. The minimum absolute atomic E-state index is 0.151. The lowest BCUT2D eigenvalue weighted by atomic mass is 9.94. The summed E-state index contributed by atoms with van der Waals surface area (Å²) in [6.45, 7) is 4.89. The summed E-state index contributed by atoms with van der Waals surface area (Å²) in [4.78, 5) is 6.65. The molecule has 1 unspecified atom stereocenters. The monoisotopic (exact) mass is 486 g/mol. The van der Waals surface area contributed by atoms with E-state index in [1.54, 1.807) is 6.07 Å². The highest BCUT2D eigenvalue weighted by Gasteiger charge is 2.34. The molecule has 4 rings (SSSR count). The summed E-state index contributed by atoms with van der Waals surface area (Å²) in [6, 6.07) is 11.8. The zero-order valence-corrected chi connectivity index (χ0v) is 20.1. The number of hydrogen-bond acceptors (Lipinski definition) is 5.